The summed E-state index contributed by atoms with van der Waals surface area (Å²) < 4.78 is 40.0. The molecule has 0 aliphatic carbocycles. The molecule has 0 aliphatic heterocycles. The Bertz CT molecular complexity index is 1460. The van der Waals surface area contributed by atoms with Gasteiger partial charge in [0, 0.05) is 53.7 Å². The van der Waals surface area contributed by atoms with Crippen LogP contribution in [0.3, 0.4) is 0 Å². The first-order chi connectivity index (χ1) is 17.6. The van der Waals surface area contributed by atoms with Crippen molar-refractivity contribution in [3.05, 3.63) is 89.9 Å². The summed E-state index contributed by atoms with van der Waals surface area (Å²) in [5.74, 6) is -1.03. The number of carbonyl (C=O) groups is 2. The zero-order valence-corrected chi connectivity index (χ0v) is 19.7. The Balaban J connectivity index is 1.57. The van der Waals surface area contributed by atoms with E-state index in [0.29, 0.717) is 23.0 Å². The van der Waals surface area contributed by atoms with Gasteiger partial charge >= 0.3 is 6.18 Å². The van der Waals surface area contributed by atoms with Gasteiger partial charge in [-0.05, 0) is 61.0 Å². The first-order valence-corrected chi connectivity index (χ1v) is 11.0. The topological polar surface area (TPSA) is 109 Å². The van der Waals surface area contributed by atoms with E-state index in [0.717, 1.165) is 30.2 Å². The number of nitrogens with one attached hydrogen (secondary N) is 3. The fraction of sp³-hybridized carbons (Fsp3) is 0.115. The number of pyridine rings is 1. The average Bonchev–Trinajstić information content (AvgIpc) is 2.85. The Morgan fingerprint density at radius 2 is 1.73 bits per heavy atom. The second-order valence-corrected chi connectivity index (χ2v) is 8.09. The SMILES string of the molecule is CC(=O)Nc1cc(C(=O)Nc2ccc(C)c(Nc3nccc(-c4cccnc4)n3)c2)cc(C(F)(F)F)c1. The zero-order chi connectivity index (χ0) is 26.6. The molecule has 188 valence electrons. The van der Waals surface area contributed by atoms with Crippen molar-refractivity contribution in [1.82, 2.24) is 15.0 Å². The number of rotatable bonds is 6. The number of carbonyl (C=O) groups excluding carboxylic acids is 2. The minimum absolute atomic E-state index is 0.135. The van der Waals surface area contributed by atoms with Crippen LogP contribution in [-0.4, -0.2) is 26.8 Å². The van der Waals surface area contributed by atoms with Crippen LogP contribution >= 0.6 is 0 Å². The van der Waals surface area contributed by atoms with E-state index in [1.807, 2.05) is 13.0 Å². The highest BCUT2D eigenvalue weighted by molar-refractivity contribution is 6.05. The fourth-order valence-corrected chi connectivity index (χ4v) is 3.45. The average molecular weight is 506 g/mol. The van der Waals surface area contributed by atoms with E-state index in [-0.39, 0.29) is 11.3 Å². The molecule has 4 rings (SSSR count). The van der Waals surface area contributed by atoms with Gasteiger partial charge in [0.05, 0.1) is 11.3 Å². The van der Waals surface area contributed by atoms with E-state index in [4.69, 9.17) is 0 Å². The Hall–Kier alpha value is -4.80. The first-order valence-electron chi connectivity index (χ1n) is 11.0. The maximum Gasteiger partial charge on any atom is 0.416 e. The maximum absolute atomic E-state index is 13.3. The molecule has 0 saturated carbocycles. The number of hydrogen-bond donors (Lipinski definition) is 3. The Morgan fingerprint density at radius 3 is 2.43 bits per heavy atom. The van der Waals surface area contributed by atoms with Crippen LogP contribution in [0, 0.1) is 6.92 Å². The monoisotopic (exact) mass is 506 g/mol. The molecule has 8 nitrogen and oxygen atoms in total. The molecule has 3 N–H and O–H groups in total. The normalized spacial score (nSPS) is 11.1. The smallest absolute Gasteiger partial charge is 0.326 e. The number of benzene rings is 2. The summed E-state index contributed by atoms with van der Waals surface area (Å²) in [6, 6.07) is 13.1. The van der Waals surface area contributed by atoms with E-state index in [2.05, 4.69) is 30.9 Å². The molecular weight excluding hydrogens is 485 g/mol. The molecule has 0 unspecified atom stereocenters. The zero-order valence-electron chi connectivity index (χ0n) is 19.7. The van der Waals surface area contributed by atoms with Gasteiger partial charge in [0.2, 0.25) is 11.9 Å². The second kappa shape index (κ2) is 10.4. The fourth-order valence-electron chi connectivity index (χ4n) is 3.45. The lowest BCUT2D eigenvalue weighted by Gasteiger charge is -2.14. The molecule has 0 fully saturated rings. The van der Waals surface area contributed by atoms with Gasteiger partial charge in [0.15, 0.2) is 0 Å². The number of hydrogen-bond acceptors (Lipinski definition) is 6. The molecule has 37 heavy (non-hydrogen) atoms. The van der Waals surface area contributed by atoms with Crippen LogP contribution in [-0.2, 0) is 11.0 Å². The highest BCUT2D eigenvalue weighted by Crippen LogP contribution is 2.32. The largest absolute Gasteiger partial charge is 0.416 e. The highest BCUT2D eigenvalue weighted by Gasteiger charge is 2.32. The van der Waals surface area contributed by atoms with Gasteiger partial charge in [-0.15, -0.1) is 0 Å². The van der Waals surface area contributed by atoms with E-state index in [1.165, 1.54) is 6.07 Å². The van der Waals surface area contributed by atoms with Crippen molar-refractivity contribution in [2.75, 3.05) is 16.0 Å². The summed E-state index contributed by atoms with van der Waals surface area (Å²) in [6.07, 6.45) is 0.236. The van der Waals surface area contributed by atoms with Crippen molar-refractivity contribution in [3.8, 4) is 11.3 Å². The predicted octanol–water partition coefficient (Wildman–Crippen LogP) is 5.82. The maximum atomic E-state index is 13.3. The van der Waals surface area contributed by atoms with Crippen molar-refractivity contribution >= 4 is 34.8 Å². The lowest BCUT2D eigenvalue weighted by atomic mass is 10.1. The minimum Gasteiger partial charge on any atom is -0.326 e. The molecule has 0 radical (unpaired) electrons. The Morgan fingerprint density at radius 1 is 0.919 bits per heavy atom. The van der Waals surface area contributed by atoms with Gasteiger partial charge in [-0.2, -0.15) is 13.2 Å². The molecule has 4 aromatic rings. The lowest BCUT2D eigenvalue weighted by molar-refractivity contribution is -0.137. The quantitative estimate of drug-likeness (QED) is 0.304. The van der Waals surface area contributed by atoms with Crippen molar-refractivity contribution in [2.45, 2.75) is 20.0 Å². The van der Waals surface area contributed by atoms with Crippen molar-refractivity contribution in [2.24, 2.45) is 0 Å². The summed E-state index contributed by atoms with van der Waals surface area (Å²) in [7, 11) is 0. The van der Waals surface area contributed by atoms with E-state index in [1.54, 1.807) is 48.9 Å². The van der Waals surface area contributed by atoms with Crippen LogP contribution in [0.2, 0.25) is 0 Å². The third kappa shape index (κ3) is 6.45. The summed E-state index contributed by atoms with van der Waals surface area (Å²) in [6.45, 7) is 3.00. The molecule has 0 atom stereocenters. The number of halogens is 3. The van der Waals surface area contributed by atoms with Crippen molar-refractivity contribution < 1.29 is 22.8 Å². The predicted molar refractivity (Wildman–Crippen MR) is 133 cm³/mol. The summed E-state index contributed by atoms with van der Waals surface area (Å²) in [5, 5.41) is 8.00. The molecule has 2 aromatic carbocycles. The Labute approximate surface area is 210 Å². The lowest BCUT2D eigenvalue weighted by Crippen LogP contribution is -2.16. The van der Waals surface area contributed by atoms with Crippen LogP contribution in [0.25, 0.3) is 11.3 Å². The molecule has 0 aliphatic rings. The van der Waals surface area contributed by atoms with Gasteiger partial charge in [-0.25, -0.2) is 9.97 Å². The summed E-state index contributed by atoms with van der Waals surface area (Å²) >= 11 is 0. The van der Waals surface area contributed by atoms with E-state index in [9.17, 15) is 22.8 Å². The van der Waals surface area contributed by atoms with Gasteiger partial charge in [-0.1, -0.05) is 6.07 Å². The number of aryl methyl sites for hydroxylation is 1. The second-order valence-electron chi connectivity index (χ2n) is 8.09. The van der Waals surface area contributed by atoms with Crippen LogP contribution in [0.15, 0.2) is 73.2 Å². The third-order valence-corrected chi connectivity index (χ3v) is 5.20. The number of aromatic nitrogens is 3. The molecule has 2 heterocycles. The molecule has 2 aromatic heterocycles. The third-order valence-electron chi connectivity index (χ3n) is 5.20. The number of anilines is 4. The van der Waals surface area contributed by atoms with Crippen LogP contribution in [0.4, 0.5) is 36.2 Å². The number of amides is 2. The molecule has 0 bridgehead atoms. The van der Waals surface area contributed by atoms with Crippen molar-refractivity contribution in [1.29, 1.82) is 0 Å². The molecule has 0 saturated heterocycles. The number of alkyl halides is 3. The molecular formula is C26H21F3N6O2. The standard InChI is InChI=1S/C26H21F3N6O2/c1-15-5-6-20(13-23(15)35-25-31-9-7-22(34-25)17-4-3-8-30-14-17)33-24(37)18-10-19(26(27,28)29)12-21(11-18)32-16(2)36/h3-14H,1-2H3,(H,32,36)(H,33,37)(H,31,34,35). The highest BCUT2D eigenvalue weighted by atomic mass is 19.4. The van der Waals surface area contributed by atoms with E-state index < -0.39 is 23.6 Å². The minimum atomic E-state index is -4.70. The molecule has 11 heteroatoms. The summed E-state index contributed by atoms with van der Waals surface area (Å²) in [4.78, 5) is 37.0. The Kier molecular flexibility index (Phi) is 7.14. The first kappa shape index (κ1) is 25.3. The van der Waals surface area contributed by atoms with Gasteiger partial charge < -0.3 is 16.0 Å². The van der Waals surface area contributed by atoms with Gasteiger partial charge in [-0.3, -0.25) is 14.6 Å². The summed E-state index contributed by atoms with van der Waals surface area (Å²) in [5.41, 5.74) is 1.76. The van der Waals surface area contributed by atoms with E-state index >= 15 is 0 Å². The van der Waals surface area contributed by atoms with Crippen LogP contribution in [0.1, 0.15) is 28.4 Å². The molecule has 2 amide bonds. The van der Waals surface area contributed by atoms with Crippen LogP contribution < -0.4 is 16.0 Å². The number of nitrogens with zero attached hydrogens (tertiary/aromatic N) is 3. The van der Waals surface area contributed by atoms with Gasteiger partial charge in [0.25, 0.3) is 5.91 Å². The van der Waals surface area contributed by atoms with Crippen molar-refractivity contribution in [3.63, 3.8) is 0 Å². The van der Waals surface area contributed by atoms with Crippen LogP contribution in [0.5, 0.6) is 0 Å². The molecule has 0 spiro atoms. The van der Waals surface area contributed by atoms with Gasteiger partial charge in [0.1, 0.15) is 0 Å².